The van der Waals surface area contributed by atoms with Crippen molar-refractivity contribution in [3.63, 3.8) is 0 Å². The Morgan fingerprint density at radius 2 is 1.90 bits per heavy atom. The Morgan fingerprint density at radius 3 is 2.40 bits per heavy atom. The molecule has 0 saturated heterocycles. The fourth-order valence-corrected chi connectivity index (χ4v) is 2.00. The minimum absolute atomic E-state index is 0.688. The molecule has 0 bridgehead atoms. The lowest BCUT2D eigenvalue weighted by Crippen LogP contribution is -1.94. The van der Waals surface area contributed by atoms with Gasteiger partial charge in [0, 0.05) is 10.2 Å². The van der Waals surface area contributed by atoms with E-state index < -0.39 is 0 Å². The summed E-state index contributed by atoms with van der Waals surface area (Å²) in [4.78, 5) is 0. The van der Waals surface area contributed by atoms with Gasteiger partial charge in [0.1, 0.15) is 0 Å². The molecule has 0 aromatic heterocycles. The van der Waals surface area contributed by atoms with Crippen LogP contribution in [0.15, 0.2) is 46.9 Å². The van der Waals surface area contributed by atoms with Crippen LogP contribution in [0.5, 0.6) is 0 Å². The molecule has 0 heterocycles. The fraction of sp³-hybridized carbons (Fsp3) is 0.235. The van der Waals surface area contributed by atoms with E-state index in [-0.39, 0.29) is 0 Å². The molecule has 0 fully saturated rings. The van der Waals surface area contributed by atoms with Gasteiger partial charge in [-0.15, -0.1) is 0 Å². The number of nitriles is 1. The normalized spacial score (nSPS) is 9.30. The second-order valence-corrected chi connectivity index (χ2v) is 5.38. The van der Waals surface area contributed by atoms with E-state index in [1.807, 2.05) is 24.3 Å². The van der Waals surface area contributed by atoms with Crippen molar-refractivity contribution in [3.05, 3.63) is 63.6 Å². The first-order chi connectivity index (χ1) is 9.58. The number of benzene rings is 2. The van der Waals surface area contributed by atoms with Gasteiger partial charge in [-0.3, -0.25) is 0 Å². The van der Waals surface area contributed by atoms with Gasteiger partial charge in [-0.1, -0.05) is 47.5 Å². The molecule has 2 rings (SSSR count). The van der Waals surface area contributed by atoms with Crippen LogP contribution in [-0.2, 0) is 6.42 Å². The van der Waals surface area contributed by atoms with Crippen LogP contribution < -0.4 is 5.73 Å². The average Bonchev–Trinajstić information content (AvgIpc) is 2.45. The van der Waals surface area contributed by atoms with Crippen molar-refractivity contribution in [1.82, 2.24) is 0 Å². The highest BCUT2D eigenvalue weighted by Gasteiger charge is 1.98. The molecule has 2 N–H and O–H groups in total. The van der Waals surface area contributed by atoms with Crippen molar-refractivity contribution in [2.24, 2.45) is 0 Å². The predicted octanol–water partition coefficient (Wildman–Crippen LogP) is 4.85. The standard InChI is InChI=1S/C10H12N2.C7H7Br/c1-2-3-9-6-8(7-11)4-5-10(9)12;1-6-4-2-3-5-7(6)8/h4-6H,2-3,12H2,1H3;2-5H,1H3. The van der Waals surface area contributed by atoms with E-state index in [1.165, 1.54) is 10.0 Å². The van der Waals surface area contributed by atoms with Crippen LogP contribution in [0.2, 0.25) is 0 Å². The van der Waals surface area contributed by atoms with Gasteiger partial charge >= 0.3 is 0 Å². The summed E-state index contributed by atoms with van der Waals surface area (Å²) in [6.07, 6.45) is 2.00. The number of hydrogen-bond acceptors (Lipinski definition) is 2. The van der Waals surface area contributed by atoms with Crippen LogP contribution in [0.4, 0.5) is 5.69 Å². The molecule has 0 unspecified atom stereocenters. The Labute approximate surface area is 129 Å². The molecule has 20 heavy (non-hydrogen) atoms. The monoisotopic (exact) mass is 330 g/mol. The maximum atomic E-state index is 8.63. The topological polar surface area (TPSA) is 49.8 Å². The smallest absolute Gasteiger partial charge is 0.0991 e. The summed E-state index contributed by atoms with van der Waals surface area (Å²) in [6, 6.07) is 15.6. The summed E-state index contributed by atoms with van der Waals surface area (Å²) < 4.78 is 1.18. The fourth-order valence-electron chi connectivity index (χ4n) is 1.71. The predicted molar refractivity (Wildman–Crippen MR) is 88.4 cm³/mol. The summed E-state index contributed by atoms with van der Waals surface area (Å²) in [7, 11) is 0. The maximum absolute atomic E-state index is 8.63. The SMILES string of the molecule is CCCc1cc(C#N)ccc1N.Cc1ccccc1Br. The van der Waals surface area contributed by atoms with Crippen molar-refractivity contribution in [3.8, 4) is 6.07 Å². The number of rotatable bonds is 2. The number of hydrogen-bond donors (Lipinski definition) is 1. The zero-order valence-corrected chi connectivity index (χ0v) is 13.4. The van der Waals surface area contributed by atoms with Gasteiger partial charge in [0.25, 0.3) is 0 Å². The van der Waals surface area contributed by atoms with Gasteiger partial charge in [-0.05, 0) is 48.7 Å². The number of halogens is 1. The lowest BCUT2D eigenvalue weighted by molar-refractivity contribution is 0.924. The van der Waals surface area contributed by atoms with E-state index in [0.29, 0.717) is 5.56 Å². The third-order valence-corrected chi connectivity index (χ3v) is 3.76. The molecule has 3 heteroatoms. The molecule has 2 nitrogen and oxygen atoms in total. The average molecular weight is 331 g/mol. The van der Waals surface area contributed by atoms with Gasteiger partial charge in [0.15, 0.2) is 0 Å². The van der Waals surface area contributed by atoms with Gasteiger partial charge in [0.2, 0.25) is 0 Å². The number of aryl methyl sites for hydroxylation is 2. The molecule has 0 atom stereocenters. The summed E-state index contributed by atoms with van der Waals surface area (Å²) in [5.74, 6) is 0. The summed E-state index contributed by atoms with van der Waals surface area (Å²) in [6.45, 7) is 4.17. The summed E-state index contributed by atoms with van der Waals surface area (Å²) in [5, 5.41) is 8.63. The van der Waals surface area contributed by atoms with Crippen LogP contribution in [0.1, 0.15) is 30.0 Å². The molecule has 0 amide bonds. The molecular formula is C17H19BrN2. The van der Waals surface area contributed by atoms with Gasteiger partial charge in [-0.2, -0.15) is 5.26 Å². The summed E-state index contributed by atoms with van der Waals surface area (Å²) >= 11 is 3.40. The number of anilines is 1. The molecule has 0 aliphatic rings. The van der Waals surface area contributed by atoms with E-state index in [9.17, 15) is 0 Å². The Morgan fingerprint density at radius 1 is 1.20 bits per heavy atom. The molecule has 0 spiro atoms. The number of nitrogen functional groups attached to an aromatic ring is 1. The van der Waals surface area contributed by atoms with Gasteiger partial charge in [-0.25, -0.2) is 0 Å². The minimum atomic E-state index is 0.688. The Hall–Kier alpha value is -1.79. The first-order valence-electron chi connectivity index (χ1n) is 6.58. The zero-order chi connectivity index (χ0) is 15.0. The van der Waals surface area contributed by atoms with Crippen molar-refractivity contribution in [2.45, 2.75) is 26.7 Å². The highest BCUT2D eigenvalue weighted by molar-refractivity contribution is 9.10. The molecule has 2 aromatic carbocycles. The van der Waals surface area contributed by atoms with Gasteiger partial charge < -0.3 is 5.73 Å². The Balaban J connectivity index is 0.000000217. The molecule has 2 aromatic rings. The molecule has 0 saturated carbocycles. The van der Waals surface area contributed by atoms with Crippen LogP contribution >= 0.6 is 15.9 Å². The Kier molecular flexibility index (Phi) is 6.83. The lowest BCUT2D eigenvalue weighted by Gasteiger charge is -2.03. The van der Waals surface area contributed by atoms with Crippen molar-refractivity contribution in [2.75, 3.05) is 5.73 Å². The second kappa shape index (κ2) is 8.39. The molecule has 0 aliphatic heterocycles. The number of nitrogens with two attached hydrogens (primary N) is 1. The molecule has 0 radical (unpaired) electrons. The Bertz CT molecular complexity index is 579. The van der Waals surface area contributed by atoms with E-state index in [4.69, 9.17) is 11.0 Å². The number of nitrogens with zero attached hydrogens (tertiary/aromatic N) is 1. The quantitative estimate of drug-likeness (QED) is 0.800. The minimum Gasteiger partial charge on any atom is -0.399 e. The van der Waals surface area contributed by atoms with Crippen LogP contribution in [0.25, 0.3) is 0 Å². The molecular weight excluding hydrogens is 312 g/mol. The van der Waals surface area contributed by atoms with Crippen molar-refractivity contribution < 1.29 is 0 Å². The first kappa shape index (κ1) is 16.3. The third kappa shape index (κ3) is 5.07. The van der Waals surface area contributed by atoms with E-state index in [2.05, 4.69) is 41.9 Å². The van der Waals surface area contributed by atoms with Crippen molar-refractivity contribution >= 4 is 21.6 Å². The zero-order valence-electron chi connectivity index (χ0n) is 11.9. The van der Waals surface area contributed by atoms with Crippen LogP contribution in [0, 0.1) is 18.3 Å². The lowest BCUT2D eigenvalue weighted by atomic mass is 10.1. The van der Waals surface area contributed by atoms with Crippen LogP contribution in [-0.4, -0.2) is 0 Å². The van der Waals surface area contributed by atoms with Crippen molar-refractivity contribution in [1.29, 1.82) is 5.26 Å². The van der Waals surface area contributed by atoms with E-state index in [1.54, 1.807) is 12.1 Å². The molecule has 0 aliphatic carbocycles. The molecule has 104 valence electrons. The van der Waals surface area contributed by atoms with E-state index in [0.717, 1.165) is 24.1 Å². The summed E-state index contributed by atoms with van der Waals surface area (Å²) in [5.41, 5.74) is 9.56. The second-order valence-electron chi connectivity index (χ2n) is 4.52. The highest BCUT2D eigenvalue weighted by atomic mass is 79.9. The highest BCUT2D eigenvalue weighted by Crippen LogP contribution is 2.15. The van der Waals surface area contributed by atoms with E-state index >= 15 is 0 Å². The first-order valence-corrected chi connectivity index (χ1v) is 7.37. The van der Waals surface area contributed by atoms with Gasteiger partial charge in [0.05, 0.1) is 11.6 Å². The largest absolute Gasteiger partial charge is 0.399 e. The third-order valence-electron chi connectivity index (χ3n) is 2.87. The van der Waals surface area contributed by atoms with Crippen LogP contribution in [0.3, 0.4) is 0 Å². The maximum Gasteiger partial charge on any atom is 0.0991 e.